The largest absolute Gasteiger partial charge is 0.354 e. The molecule has 4 aromatic carbocycles. The molecule has 0 radical (unpaired) electrons. The number of hydrogen-bond acceptors (Lipinski definition) is 18. The lowest BCUT2D eigenvalue weighted by molar-refractivity contribution is -0.133. The molecule has 4 atom stereocenters. The third-order valence-electron chi connectivity index (χ3n) is 21.9. The maximum Gasteiger partial charge on any atom is 0.329 e. The highest BCUT2D eigenvalue weighted by Gasteiger charge is 2.35. The first-order valence-corrected chi connectivity index (χ1v) is 38.3. The second-order valence-corrected chi connectivity index (χ2v) is 29.0. The molecule has 1 N–H and O–H groups in total. The van der Waals surface area contributed by atoms with E-state index in [-0.39, 0.29) is 89.4 Å². The van der Waals surface area contributed by atoms with Gasteiger partial charge in [-0.3, -0.25) is 42.3 Å². The molecule has 0 spiro atoms. The fourth-order valence-electron chi connectivity index (χ4n) is 16.4. The number of aromatic nitrogens is 12. The minimum Gasteiger partial charge on any atom is -0.354 e. The van der Waals surface area contributed by atoms with Gasteiger partial charge in [-0.25, -0.2) is 47.3 Å². The van der Waals surface area contributed by atoms with E-state index in [1.165, 1.54) is 21.3 Å². The van der Waals surface area contributed by atoms with Crippen LogP contribution in [-0.4, -0.2) is 163 Å². The lowest BCUT2D eigenvalue weighted by Gasteiger charge is -2.34. The van der Waals surface area contributed by atoms with Gasteiger partial charge in [0.2, 0.25) is 0 Å². The highest BCUT2D eigenvalue weighted by Crippen LogP contribution is 2.39. The molecular weight excluding hydrogens is 1470 g/mol. The number of anilines is 4. The smallest absolute Gasteiger partial charge is 0.329 e. The number of hydrogen-bond donors (Lipinski definition) is 1. The number of imidazole rings is 4. The number of piperazine rings is 2. The van der Waals surface area contributed by atoms with Crippen molar-refractivity contribution in [1.29, 1.82) is 0 Å². The summed E-state index contributed by atoms with van der Waals surface area (Å²) in [6, 6.07) is 43.9. The summed E-state index contributed by atoms with van der Waals surface area (Å²) in [6.45, 7) is 9.33. The number of carbonyl (C=O) groups excluding carboxylic acids is 4. The van der Waals surface area contributed by atoms with E-state index in [1.807, 2.05) is 112 Å². The Hall–Kier alpha value is -11.7. The van der Waals surface area contributed by atoms with Crippen molar-refractivity contribution >= 4 is 104 Å². The maximum absolute atomic E-state index is 14.1. The average Bonchev–Trinajstić information content (AvgIpc) is 1.60. The van der Waals surface area contributed by atoms with Crippen molar-refractivity contribution in [3.05, 3.63) is 213 Å². The van der Waals surface area contributed by atoms with E-state index in [9.17, 15) is 37.5 Å². The quantitative estimate of drug-likeness (QED) is 0.0720. The minimum absolute atomic E-state index is 0. The molecule has 3 unspecified atom stereocenters. The standard InChI is InChI=1S/C42H40FN9O3.C25H26FN7.C17H15ClN2O3.ClH/c1-47-41-28(7-3-12-35(41)51(42(47)55)34-16-15-31(53)26-37(34)54)9-5-19-48-21-23-49(24-22-48)39-14-4-11-32(45-39)36-27-44-38-17-18-40(46-52(36)38)50-20-6-13-33(50)29-8-2-10-30(43)25-29;26-19-5-1-4-18(16-19)21-7-3-13-32(21)25-10-9-23-28-17-22(33(23)30-25)20-6-2-8-24(29-20)31-14-11-27-12-15-31;1-19-16-11(5-3-9-18)4-2-6-14(16)20(17(19)23)13-8-7-12(21)10-15(13)22;/h2-4,7-8,10-12,14,17-18,25,27,33-34H,6,13,15-16,19-24,26H2,1H3;1-2,4-6,8-10,16-17,21,27H,3,7,11-15H2;2,4,6,13H,7-10H2,1H3;1H/t33-,34?;;;/m1.../s1. The van der Waals surface area contributed by atoms with Crippen LogP contribution in [0.5, 0.6) is 0 Å². The van der Waals surface area contributed by atoms with Gasteiger partial charge in [0.1, 0.15) is 57.9 Å². The minimum atomic E-state index is -0.630. The number of ketones is 4. The lowest BCUT2D eigenvalue weighted by Crippen LogP contribution is -2.46. The van der Waals surface area contributed by atoms with Crippen LogP contribution in [0.15, 0.2) is 168 Å². The number of pyridine rings is 2. The highest BCUT2D eigenvalue weighted by atomic mass is 35.5. The number of nitrogens with zero attached hydrogens (tertiary/aromatic N) is 17. The first kappa shape index (κ1) is 75.7. The first-order valence-electron chi connectivity index (χ1n) is 37.8. The Balaban J connectivity index is 0.000000147. The molecule has 0 amide bonds. The van der Waals surface area contributed by atoms with Gasteiger partial charge < -0.3 is 24.9 Å². The first-order chi connectivity index (χ1) is 54.1. The normalized spacial score (nSPS) is 18.8. The fraction of sp³-hybridized carbons (Fsp3) is 0.333. The fourth-order valence-corrected chi connectivity index (χ4v) is 16.5. The van der Waals surface area contributed by atoms with E-state index in [1.54, 1.807) is 59.6 Å². The van der Waals surface area contributed by atoms with E-state index in [4.69, 9.17) is 31.8 Å². The van der Waals surface area contributed by atoms with Crippen LogP contribution < -0.4 is 36.3 Å². The molecule has 8 aromatic heterocycles. The summed E-state index contributed by atoms with van der Waals surface area (Å²) in [5.74, 6) is 15.1. The summed E-state index contributed by atoms with van der Waals surface area (Å²) in [5.41, 5.74) is 10.4. The lowest BCUT2D eigenvalue weighted by atomic mass is 9.92. The SMILES string of the molecule is Cl.Cn1c(=O)n(C2CCC(=O)CC2=O)c2cccc(C#CCCl)c21.Cn1c(=O)n(C2CCC(=O)CC2=O)c2cccc(C#CCN3CCN(c4cccc(-c5cnc6ccc(N7CCC[C@@H]7c7cccc(F)c7)nn56)n4)CC3)c21.Fc1cccc(C2CCCN2c2ccc3ncc(-c4cccc(N5CCNCC5)n4)n3n2)c1. The predicted molar refractivity (Wildman–Crippen MR) is 429 cm³/mol. The van der Waals surface area contributed by atoms with Gasteiger partial charge in [-0.05, 0) is 147 Å². The van der Waals surface area contributed by atoms with Crippen molar-refractivity contribution in [2.75, 3.05) is 97.5 Å². The van der Waals surface area contributed by atoms with Crippen molar-refractivity contribution in [3.8, 4) is 46.5 Å². The van der Waals surface area contributed by atoms with E-state index in [0.717, 1.165) is 165 Å². The second-order valence-electron chi connectivity index (χ2n) is 28.8. The molecule has 18 rings (SSSR count). The van der Waals surface area contributed by atoms with Gasteiger partial charge in [-0.1, -0.05) is 72.2 Å². The van der Waals surface area contributed by atoms with Gasteiger partial charge in [0.05, 0.1) is 106 Å². The molecule has 112 heavy (non-hydrogen) atoms. The third-order valence-corrected chi connectivity index (χ3v) is 22.0. The Bertz CT molecular complexity index is 5870. The van der Waals surface area contributed by atoms with Crippen LogP contribution >= 0.6 is 24.0 Å². The Labute approximate surface area is 655 Å². The van der Waals surface area contributed by atoms with Gasteiger partial charge in [0.15, 0.2) is 22.9 Å². The van der Waals surface area contributed by atoms with Crippen LogP contribution in [0.3, 0.4) is 0 Å². The van der Waals surface area contributed by atoms with Crippen molar-refractivity contribution in [2.45, 2.75) is 88.4 Å². The van der Waals surface area contributed by atoms with Crippen LogP contribution in [0.1, 0.15) is 111 Å². The van der Waals surface area contributed by atoms with Gasteiger partial charge in [0, 0.05) is 92.4 Å². The average molecular weight is 1550 g/mol. The molecule has 4 aliphatic heterocycles. The molecule has 2 saturated carbocycles. The van der Waals surface area contributed by atoms with Gasteiger partial charge in [-0.2, -0.15) is 0 Å². The van der Waals surface area contributed by atoms with Crippen molar-refractivity contribution < 1.29 is 28.0 Å². The molecule has 572 valence electrons. The van der Waals surface area contributed by atoms with Crippen LogP contribution in [-0.2, 0) is 33.3 Å². The van der Waals surface area contributed by atoms with E-state index in [2.05, 4.69) is 69.5 Å². The summed E-state index contributed by atoms with van der Waals surface area (Å²) in [5, 5.41) is 13.4. The maximum atomic E-state index is 14.1. The van der Waals surface area contributed by atoms with Gasteiger partial charge in [-0.15, -0.1) is 34.2 Å². The van der Waals surface area contributed by atoms with E-state index >= 15 is 0 Å². The molecule has 24 nitrogen and oxygen atoms in total. The Morgan fingerprint density at radius 2 is 0.946 bits per heavy atom. The molecule has 12 heterocycles. The topological polar surface area (TPSA) is 237 Å². The zero-order chi connectivity index (χ0) is 76.4. The number of nitrogens with one attached hydrogen (secondary N) is 1. The van der Waals surface area contributed by atoms with E-state index < -0.39 is 12.1 Å². The zero-order valence-corrected chi connectivity index (χ0v) is 63.5. The number of alkyl halides is 1. The number of carbonyl (C=O) groups is 4. The molecule has 2 aliphatic carbocycles. The Kier molecular flexibility index (Phi) is 22.4. The number of rotatable bonds is 11. The Morgan fingerprint density at radius 1 is 0.491 bits per heavy atom. The number of benzene rings is 4. The number of Topliss-reactive ketones (excluding diaryl/α,β-unsaturated/α-hetero) is 4. The van der Waals surface area contributed by atoms with Crippen LogP contribution in [0.25, 0.3) is 56.1 Å². The number of fused-ring (bicyclic) bond motifs is 4. The van der Waals surface area contributed by atoms with E-state index in [0.29, 0.717) is 59.9 Å². The highest BCUT2D eigenvalue weighted by molar-refractivity contribution is 6.19. The van der Waals surface area contributed by atoms with Gasteiger partial charge >= 0.3 is 11.4 Å². The summed E-state index contributed by atoms with van der Waals surface area (Å²) in [4.78, 5) is 105. The molecule has 12 aromatic rings. The van der Waals surface area contributed by atoms with Crippen molar-refractivity contribution in [2.24, 2.45) is 14.1 Å². The number of para-hydroxylation sites is 2. The van der Waals surface area contributed by atoms with Crippen LogP contribution in [0.4, 0.5) is 32.1 Å². The van der Waals surface area contributed by atoms with Crippen molar-refractivity contribution in [1.82, 2.24) is 67.6 Å². The third kappa shape index (κ3) is 15.3. The predicted octanol–water partition coefficient (Wildman–Crippen LogP) is 10.9. The summed E-state index contributed by atoms with van der Waals surface area (Å²) < 4.78 is 37.8. The number of halogens is 4. The van der Waals surface area contributed by atoms with Crippen molar-refractivity contribution in [3.63, 3.8) is 0 Å². The number of aryl methyl sites for hydroxylation is 2. The monoisotopic (exact) mass is 1550 g/mol. The molecule has 0 bridgehead atoms. The molecule has 28 heteroatoms. The molecule has 4 saturated heterocycles. The van der Waals surface area contributed by atoms with Gasteiger partial charge in [0.25, 0.3) is 0 Å². The Morgan fingerprint density at radius 3 is 1.41 bits per heavy atom. The van der Waals surface area contributed by atoms with Crippen LogP contribution in [0.2, 0.25) is 0 Å². The zero-order valence-electron chi connectivity index (χ0n) is 62.0. The summed E-state index contributed by atoms with van der Waals surface area (Å²) in [6.07, 6.45) is 8.74. The summed E-state index contributed by atoms with van der Waals surface area (Å²) >= 11 is 5.61. The van der Waals surface area contributed by atoms with Crippen LogP contribution in [0, 0.1) is 35.3 Å². The second kappa shape index (κ2) is 33.1. The molecular formula is C84H82Cl2F2N18O6. The molecule has 6 aliphatic rings. The molecule has 6 fully saturated rings. The summed E-state index contributed by atoms with van der Waals surface area (Å²) in [7, 11) is 3.36.